The molecule has 2 N–H and O–H groups in total. The number of halogens is 1. The summed E-state index contributed by atoms with van der Waals surface area (Å²) in [6.45, 7) is 1.80. The smallest absolute Gasteiger partial charge is 0.257 e. The number of ether oxygens (including phenoxy) is 5. The molecule has 0 radical (unpaired) electrons. The molecule has 0 aromatic heterocycles. The van der Waals surface area contributed by atoms with E-state index in [1.807, 2.05) is 24.3 Å². The monoisotopic (exact) mass is 480 g/mol. The van der Waals surface area contributed by atoms with E-state index in [1.54, 1.807) is 18.0 Å². The maximum absolute atomic E-state index is 13.3. The van der Waals surface area contributed by atoms with Crippen molar-refractivity contribution in [2.75, 3.05) is 48.1 Å². The van der Waals surface area contributed by atoms with Crippen molar-refractivity contribution in [2.45, 2.75) is 25.4 Å². The molecule has 9 heteroatoms. The molecule has 1 atom stereocenters. The van der Waals surface area contributed by atoms with Gasteiger partial charge in [0, 0.05) is 26.3 Å². The molecule has 182 valence electrons. The second kappa shape index (κ2) is 12.5. The molecule has 8 nitrogen and oxygen atoms in total. The number of rotatable bonds is 10. The van der Waals surface area contributed by atoms with Crippen molar-refractivity contribution in [3.63, 3.8) is 0 Å². The molecular weight excluding hydrogens is 448 g/mol. The SMILES string of the molecule is COc1c(Oc2ccc(CCN)cc2)cc(C(=O)N(C)CC2CCCO2)c(OC)c1OC.Cl. The van der Waals surface area contributed by atoms with E-state index >= 15 is 0 Å². The predicted molar refractivity (Wildman–Crippen MR) is 129 cm³/mol. The van der Waals surface area contributed by atoms with Gasteiger partial charge in [-0.2, -0.15) is 0 Å². The number of carbonyl (C=O) groups excluding carboxylic acids is 1. The maximum atomic E-state index is 13.3. The number of nitrogens with two attached hydrogens (primary N) is 1. The second-order valence-corrected chi connectivity index (χ2v) is 7.63. The van der Waals surface area contributed by atoms with Crippen LogP contribution in [0, 0.1) is 0 Å². The van der Waals surface area contributed by atoms with Crippen LogP contribution in [0.15, 0.2) is 30.3 Å². The first-order valence-corrected chi connectivity index (χ1v) is 10.7. The first-order chi connectivity index (χ1) is 15.5. The van der Waals surface area contributed by atoms with Crippen molar-refractivity contribution in [3.05, 3.63) is 41.5 Å². The van der Waals surface area contributed by atoms with Gasteiger partial charge < -0.3 is 34.3 Å². The van der Waals surface area contributed by atoms with Crippen LogP contribution in [0.3, 0.4) is 0 Å². The number of benzene rings is 2. The van der Waals surface area contributed by atoms with Crippen LogP contribution in [0.5, 0.6) is 28.7 Å². The Morgan fingerprint density at radius 1 is 1.09 bits per heavy atom. The molecule has 1 unspecified atom stereocenters. The highest BCUT2D eigenvalue weighted by Crippen LogP contribution is 2.48. The van der Waals surface area contributed by atoms with Gasteiger partial charge in [0.25, 0.3) is 5.91 Å². The molecule has 1 fully saturated rings. The lowest BCUT2D eigenvalue weighted by atomic mass is 10.1. The fourth-order valence-corrected chi connectivity index (χ4v) is 3.82. The summed E-state index contributed by atoms with van der Waals surface area (Å²) in [4.78, 5) is 15.0. The average molecular weight is 481 g/mol. The fourth-order valence-electron chi connectivity index (χ4n) is 3.82. The van der Waals surface area contributed by atoms with Crippen LogP contribution in [-0.4, -0.2) is 65.0 Å². The highest BCUT2D eigenvalue weighted by atomic mass is 35.5. The number of carbonyl (C=O) groups is 1. The quantitative estimate of drug-likeness (QED) is 0.554. The minimum Gasteiger partial charge on any atom is -0.492 e. The molecule has 1 heterocycles. The summed E-state index contributed by atoms with van der Waals surface area (Å²) in [7, 11) is 6.25. The summed E-state index contributed by atoms with van der Waals surface area (Å²) in [5.41, 5.74) is 7.06. The van der Waals surface area contributed by atoms with Crippen LogP contribution in [0.2, 0.25) is 0 Å². The molecular formula is C24H33ClN2O6. The van der Waals surface area contributed by atoms with Gasteiger partial charge in [-0.05, 0) is 43.5 Å². The van der Waals surface area contributed by atoms with E-state index in [-0.39, 0.29) is 24.4 Å². The van der Waals surface area contributed by atoms with Crippen LogP contribution in [-0.2, 0) is 11.2 Å². The zero-order chi connectivity index (χ0) is 23.1. The lowest BCUT2D eigenvalue weighted by Gasteiger charge is -2.24. The molecule has 1 saturated heterocycles. The number of likely N-dealkylation sites (N-methyl/N-ethyl adjacent to an activating group) is 1. The number of amides is 1. The highest BCUT2D eigenvalue weighted by Gasteiger charge is 2.29. The summed E-state index contributed by atoms with van der Waals surface area (Å²) in [5, 5.41) is 0. The average Bonchev–Trinajstić information content (AvgIpc) is 3.32. The number of hydrogen-bond donors (Lipinski definition) is 1. The molecule has 1 aliphatic rings. The van der Waals surface area contributed by atoms with E-state index in [0.717, 1.165) is 31.4 Å². The third kappa shape index (κ3) is 6.22. The Morgan fingerprint density at radius 3 is 2.30 bits per heavy atom. The third-order valence-corrected chi connectivity index (χ3v) is 5.43. The topological polar surface area (TPSA) is 92.5 Å². The van der Waals surface area contributed by atoms with E-state index in [2.05, 4.69) is 0 Å². The van der Waals surface area contributed by atoms with Gasteiger partial charge in [-0.3, -0.25) is 4.79 Å². The molecule has 0 saturated carbocycles. The zero-order valence-electron chi connectivity index (χ0n) is 19.6. The fraction of sp³-hybridized carbons (Fsp3) is 0.458. The van der Waals surface area contributed by atoms with Crippen LogP contribution in [0.1, 0.15) is 28.8 Å². The summed E-state index contributed by atoms with van der Waals surface area (Å²) >= 11 is 0. The van der Waals surface area contributed by atoms with Gasteiger partial charge in [0.15, 0.2) is 11.5 Å². The number of methoxy groups -OCH3 is 3. The van der Waals surface area contributed by atoms with Crippen molar-refractivity contribution in [1.29, 1.82) is 0 Å². The summed E-state index contributed by atoms with van der Waals surface area (Å²) < 4.78 is 28.4. The van der Waals surface area contributed by atoms with Crippen molar-refractivity contribution in [1.82, 2.24) is 4.90 Å². The van der Waals surface area contributed by atoms with Gasteiger partial charge in [-0.15, -0.1) is 12.4 Å². The Morgan fingerprint density at radius 2 is 1.76 bits per heavy atom. The Kier molecular flexibility index (Phi) is 10.1. The standard InChI is InChI=1S/C24H32N2O6.ClH/c1-26(15-18-6-5-13-31-18)24(27)19-14-20(22(29-3)23(30-4)21(19)28-2)32-17-9-7-16(8-10-17)11-12-25;/h7-10,14,18H,5-6,11-13,15,25H2,1-4H3;1H. The second-order valence-electron chi connectivity index (χ2n) is 7.63. The van der Waals surface area contributed by atoms with Crippen molar-refractivity contribution < 1.29 is 28.5 Å². The van der Waals surface area contributed by atoms with Crippen LogP contribution in [0.25, 0.3) is 0 Å². The van der Waals surface area contributed by atoms with Gasteiger partial charge >= 0.3 is 0 Å². The molecule has 2 aromatic rings. The summed E-state index contributed by atoms with van der Waals surface area (Å²) in [6.07, 6.45) is 2.78. The zero-order valence-corrected chi connectivity index (χ0v) is 20.4. The lowest BCUT2D eigenvalue weighted by molar-refractivity contribution is 0.0584. The van der Waals surface area contributed by atoms with Gasteiger partial charge in [0.2, 0.25) is 11.5 Å². The van der Waals surface area contributed by atoms with Crippen LogP contribution < -0.4 is 24.7 Å². The Hall–Kier alpha value is -2.68. The van der Waals surface area contributed by atoms with Gasteiger partial charge in [-0.1, -0.05) is 12.1 Å². The summed E-state index contributed by atoms with van der Waals surface area (Å²) in [5.74, 6) is 1.66. The molecule has 3 rings (SSSR count). The van der Waals surface area contributed by atoms with Crippen molar-refractivity contribution in [3.8, 4) is 28.7 Å². The third-order valence-electron chi connectivity index (χ3n) is 5.43. The van der Waals surface area contributed by atoms with Crippen molar-refractivity contribution >= 4 is 18.3 Å². The van der Waals surface area contributed by atoms with E-state index in [4.69, 9.17) is 29.4 Å². The number of nitrogens with zero attached hydrogens (tertiary/aromatic N) is 1. The van der Waals surface area contributed by atoms with E-state index in [9.17, 15) is 4.79 Å². The molecule has 0 spiro atoms. The first-order valence-electron chi connectivity index (χ1n) is 10.7. The van der Waals surface area contributed by atoms with Crippen LogP contribution >= 0.6 is 12.4 Å². The Balaban J connectivity index is 0.00000385. The minimum absolute atomic E-state index is 0. The van der Waals surface area contributed by atoms with E-state index < -0.39 is 0 Å². The Labute approximate surface area is 201 Å². The molecule has 2 aromatic carbocycles. The van der Waals surface area contributed by atoms with Crippen molar-refractivity contribution in [2.24, 2.45) is 5.73 Å². The number of hydrogen-bond acceptors (Lipinski definition) is 7. The van der Waals surface area contributed by atoms with Crippen LogP contribution in [0.4, 0.5) is 0 Å². The van der Waals surface area contributed by atoms with Gasteiger partial charge in [0.05, 0.1) is 33.0 Å². The van der Waals surface area contributed by atoms with Gasteiger partial charge in [-0.25, -0.2) is 0 Å². The summed E-state index contributed by atoms with van der Waals surface area (Å²) in [6, 6.07) is 9.24. The highest BCUT2D eigenvalue weighted by molar-refractivity contribution is 5.99. The van der Waals surface area contributed by atoms with E-state index in [0.29, 0.717) is 47.4 Å². The minimum atomic E-state index is -0.221. The van der Waals surface area contributed by atoms with E-state index in [1.165, 1.54) is 21.3 Å². The lowest BCUT2D eigenvalue weighted by Crippen LogP contribution is -2.34. The molecule has 0 bridgehead atoms. The maximum Gasteiger partial charge on any atom is 0.257 e. The normalized spacial score (nSPS) is 14.9. The first kappa shape index (κ1) is 26.6. The molecule has 0 aliphatic carbocycles. The Bertz CT molecular complexity index is 916. The molecule has 1 amide bonds. The molecule has 33 heavy (non-hydrogen) atoms. The predicted octanol–water partition coefficient (Wildman–Crippen LogP) is 3.68. The van der Waals surface area contributed by atoms with Gasteiger partial charge in [0.1, 0.15) is 5.75 Å². The largest absolute Gasteiger partial charge is 0.492 e. The molecule has 1 aliphatic heterocycles.